The Kier molecular flexibility index (Phi) is 2.50. The lowest BCUT2D eigenvalue weighted by Crippen LogP contribution is -2.18. The molecule has 0 nitrogen and oxygen atoms in total. The molecule has 0 amide bonds. The fourth-order valence-corrected chi connectivity index (χ4v) is 3.41. The van der Waals surface area contributed by atoms with Crippen LogP contribution in [0, 0.1) is 0 Å². The standard InChI is InChI=1S/C20H16/c1-2-14-7-3-4-8-16(14)15-11-12-19-17-9-5-6-10-18(17)20(19)13-15/h2-12,20H,1,13H2. The van der Waals surface area contributed by atoms with Crippen molar-refractivity contribution in [2.45, 2.75) is 12.3 Å². The lowest BCUT2D eigenvalue weighted by atomic mass is 9.67. The molecule has 0 radical (unpaired) electrons. The van der Waals surface area contributed by atoms with Gasteiger partial charge in [-0.15, -0.1) is 0 Å². The summed E-state index contributed by atoms with van der Waals surface area (Å²) in [5, 5.41) is 0. The van der Waals surface area contributed by atoms with Crippen LogP contribution in [0.4, 0.5) is 0 Å². The van der Waals surface area contributed by atoms with Gasteiger partial charge in [0.25, 0.3) is 0 Å². The highest BCUT2D eigenvalue weighted by Crippen LogP contribution is 2.52. The SMILES string of the molecule is C=Cc1ccccc1C1=CC=C2c3ccccc3C2C1. The van der Waals surface area contributed by atoms with Crippen molar-refractivity contribution >= 4 is 17.2 Å². The first-order chi connectivity index (χ1) is 9.88. The van der Waals surface area contributed by atoms with Crippen molar-refractivity contribution in [3.63, 3.8) is 0 Å². The Morgan fingerprint density at radius 3 is 2.50 bits per heavy atom. The fraction of sp³-hybridized carbons (Fsp3) is 0.100. The summed E-state index contributed by atoms with van der Waals surface area (Å²) in [5.41, 5.74) is 8.40. The van der Waals surface area contributed by atoms with Crippen molar-refractivity contribution in [2.24, 2.45) is 0 Å². The molecule has 0 N–H and O–H groups in total. The molecule has 2 aromatic rings. The van der Waals surface area contributed by atoms with Crippen LogP contribution in [-0.2, 0) is 0 Å². The van der Waals surface area contributed by atoms with Gasteiger partial charge in [-0.05, 0) is 39.8 Å². The molecule has 2 aliphatic carbocycles. The van der Waals surface area contributed by atoms with Crippen molar-refractivity contribution < 1.29 is 0 Å². The minimum atomic E-state index is 0.587. The molecule has 1 atom stereocenters. The number of fused-ring (bicyclic) bond motifs is 4. The van der Waals surface area contributed by atoms with Crippen LogP contribution in [0.15, 0.2) is 67.3 Å². The Hall–Kier alpha value is -2.34. The monoisotopic (exact) mass is 256 g/mol. The second kappa shape index (κ2) is 4.35. The lowest BCUT2D eigenvalue weighted by Gasteiger charge is -2.37. The van der Waals surface area contributed by atoms with E-state index in [0.29, 0.717) is 5.92 Å². The van der Waals surface area contributed by atoms with E-state index in [2.05, 4.69) is 67.3 Å². The largest absolute Gasteiger partial charge is 0.0984 e. The second-order valence-electron chi connectivity index (χ2n) is 5.45. The minimum absolute atomic E-state index is 0.587. The molecule has 4 rings (SSSR count). The molecular weight excluding hydrogens is 240 g/mol. The summed E-state index contributed by atoms with van der Waals surface area (Å²) in [4.78, 5) is 0. The zero-order valence-corrected chi connectivity index (χ0v) is 11.3. The highest BCUT2D eigenvalue weighted by molar-refractivity contribution is 5.91. The van der Waals surface area contributed by atoms with Gasteiger partial charge in [-0.25, -0.2) is 0 Å². The molecular formula is C20H16. The Balaban J connectivity index is 1.77. The first kappa shape index (κ1) is 11.5. The van der Waals surface area contributed by atoms with Crippen LogP contribution >= 0.6 is 0 Å². The van der Waals surface area contributed by atoms with Crippen LogP contribution in [-0.4, -0.2) is 0 Å². The van der Waals surface area contributed by atoms with Crippen molar-refractivity contribution in [3.8, 4) is 0 Å². The van der Waals surface area contributed by atoms with Gasteiger partial charge < -0.3 is 0 Å². The quantitative estimate of drug-likeness (QED) is 0.684. The summed E-state index contributed by atoms with van der Waals surface area (Å²) in [6.07, 6.45) is 7.63. The van der Waals surface area contributed by atoms with Gasteiger partial charge >= 0.3 is 0 Å². The molecule has 0 aromatic heterocycles. The van der Waals surface area contributed by atoms with Crippen LogP contribution in [0.3, 0.4) is 0 Å². The third-order valence-corrected chi connectivity index (χ3v) is 4.44. The van der Waals surface area contributed by atoms with Crippen molar-refractivity contribution in [3.05, 3.63) is 89.5 Å². The smallest absolute Gasteiger partial charge is 0.0142 e. The van der Waals surface area contributed by atoms with Crippen LogP contribution in [0.2, 0.25) is 0 Å². The molecule has 0 spiro atoms. The number of hydrogen-bond acceptors (Lipinski definition) is 0. The Morgan fingerprint density at radius 1 is 0.900 bits per heavy atom. The summed E-state index contributed by atoms with van der Waals surface area (Å²) in [6.45, 7) is 3.93. The predicted molar refractivity (Wildman–Crippen MR) is 86.3 cm³/mol. The molecule has 0 heteroatoms. The molecule has 0 saturated heterocycles. The summed E-state index contributed by atoms with van der Waals surface area (Å²) in [6, 6.07) is 17.3. The van der Waals surface area contributed by atoms with Crippen molar-refractivity contribution in [1.29, 1.82) is 0 Å². The average Bonchev–Trinajstić information content (AvgIpc) is 2.52. The number of allylic oxidation sites excluding steroid dienone is 4. The van der Waals surface area contributed by atoms with Gasteiger partial charge in [0, 0.05) is 5.92 Å². The molecule has 2 aliphatic rings. The van der Waals surface area contributed by atoms with E-state index in [1.54, 1.807) is 0 Å². The van der Waals surface area contributed by atoms with Crippen LogP contribution in [0.5, 0.6) is 0 Å². The predicted octanol–water partition coefficient (Wildman–Crippen LogP) is 5.30. The molecule has 1 unspecified atom stereocenters. The molecule has 0 bridgehead atoms. The summed E-state index contributed by atoms with van der Waals surface area (Å²) < 4.78 is 0. The van der Waals surface area contributed by atoms with E-state index in [4.69, 9.17) is 0 Å². The Labute approximate surface area is 119 Å². The normalized spacial score (nSPS) is 19.1. The Bertz CT molecular complexity index is 759. The third-order valence-electron chi connectivity index (χ3n) is 4.44. The third kappa shape index (κ3) is 1.55. The molecule has 0 saturated carbocycles. The van der Waals surface area contributed by atoms with Gasteiger partial charge in [0.2, 0.25) is 0 Å². The van der Waals surface area contributed by atoms with E-state index in [-0.39, 0.29) is 0 Å². The van der Waals surface area contributed by atoms with E-state index in [9.17, 15) is 0 Å². The highest BCUT2D eigenvalue weighted by atomic mass is 14.4. The number of rotatable bonds is 2. The van der Waals surface area contributed by atoms with Gasteiger partial charge in [0.15, 0.2) is 0 Å². The number of hydrogen-bond donors (Lipinski definition) is 0. The molecule has 96 valence electrons. The van der Waals surface area contributed by atoms with Gasteiger partial charge in [-0.1, -0.05) is 73.3 Å². The molecule has 0 heterocycles. The van der Waals surface area contributed by atoms with Gasteiger partial charge in [0.05, 0.1) is 0 Å². The van der Waals surface area contributed by atoms with E-state index >= 15 is 0 Å². The first-order valence-electron chi connectivity index (χ1n) is 7.10. The van der Waals surface area contributed by atoms with E-state index < -0.39 is 0 Å². The summed E-state index contributed by atoms with van der Waals surface area (Å²) >= 11 is 0. The van der Waals surface area contributed by atoms with E-state index in [0.717, 1.165) is 6.42 Å². The van der Waals surface area contributed by atoms with Crippen LogP contribution < -0.4 is 0 Å². The van der Waals surface area contributed by atoms with Gasteiger partial charge in [-0.2, -0.15) is 0 Å². The van der Waals surface area contributed by atoms with E-state index in [1.165, 1.54) is 33.4 Å². The van der Waals surface area contributed by atoms with Crippen LogP contribution in [0.1, 0.15) is 34.6 Å². The van der Waals surface area contributed by atoms with Crippen molar-refractivity contribution in [2.75, 3.05) is 0 Å². The lowest BCUT2D eigenvalue weighted by molar-refractivity contribution is 0.832. The number of benzene rings is 2. The average molecular weight is 256 g/mol. The second-order valence-corrected chi connectivity index (χ2v) is 5.45. The topological polar surface area (TPSA) is 0 Å². The summed E-state index contributed by atoms with van der Waals surface area (Å²) in [7, 11) is 0. The summed E-state index contributed by atoms with van der Waals surface area (Å²) in [5.74, 6) is 0.587. The molecule has 0 aliphatic heterocycles. The molecule has 0 fully saturated rings. The highest BCUT2D eigenvalue weighted by Gasteiger charge is 2.33. The van der Waals surface area contributed by atoms with Gasteiger partial charge in [-0.3, -0.25) is 0 Å². The maximum atomic E-state index is 3.93. The maximum absolute atomic E-state index is 3.93. The fourth-order valence-electron chi connectivity index (χ4n) is 3.41. The van der Waals surface area contributed by atoms with Gasteiger partial charge in [0.1, 0.15) is 0 Å². The zero-order chi connectivity index (χ0) is 13.5. The van der Waals surface area contributed by atoms with E-state index in [1.807, 2.05) is 6.08 Å². The van der Waals surface area contributed by atoms with Crippen LogP contribution in [0.25, 0.3) is 17.2 Å². The maximum Gasteiger partial charge on any atom is 0.0142 e. The first-order valence-corrected chi connectivity index (χ1v) is 7.10. The Morgan fingerprint density at radius 2 is 1.65 bits per heavy atom. The zero-order valence-electron chi connectivity index (χ0n) is 11.3. The molecule has 2 aromatic carbocycles. The van der Waals surface area contributed by atoms with Crippen molar-refractivity contribution in [1.82, 2.24) is 0 Å². The minimum Gasteiger partial charge on any atom is -0.0984 e. The molecule has 20 heavy (non-hydrogen) atoms.